The van der Waals surface area contributed by atoms with Crippen LogP contribution in [-0.2, 0) is 11.2 Å². The summed E-state index contributed by atoms with van der Waals surface area (Å²) in [4.78, 5) is 13.9. The van der Waals surface area contributed by atoms with Crippen molar-refractivity contribution in [1.82, 2.24) is 4.90 Å². The van der Waals surface area contributed by atoms with Gasteiger partial charge in [0.05, 0.1) is 0 Å². The molecule has 0 aliphatic carbocycles. The molecular formula is C17H25NO3. The molecule has 2 N–H and O–H groups in total. The van der Waals surface area contributed by atoms with E-state index in [0.29, 0.717) is 6.42 Å². The highest BCUT2D eigenvalue weighted by Crippen LogP contribution is 2.30. The first-order chi connectivity index (χ1) is 10.2. The van der Waals surface area contributed by atoms with Crippen molar-refractivity contribution in [3.8, 4) is 0 Å². The number of rotatable bonds is 6. The van der Waals surface area contributed by atoms with E-state index >= 15 is 0 Å². The van der Waals surface area contributed by atoms with Crippen molar-refractivity contribution in [2.24, 2.45) is 0 Å². The second-order valence-electron chi connectivity index (χ2n) is 5.74. The van der Waals surface area contributed by atoms with Crippen molar-refractivity contribution in [2.45, 2.75) is 51.1 Å². The number of carboxylic acid groups (broad SMARTS) is 1. The van der Waals surface area contributed by atoms with E-state index in [9.17, 15) is 15.0 Å². The standard InChI is InChI=1S/C17H25NO3/c1-2-13-6-8-14(9-7-13)16(17(20)21)18-11-4-3-5-15(18)10-12-19/h6-9,15-16,19H,2-5,10-12H2,1H3,(H,20,21). The van der Waals surface area contributed by atoms with Gasteiger partial charge in [-0.15, -0.1) is 0 Å². The first-order valence-electron chi connectivity index (χ1n) is 7.85. The van der Waals surface area contributed by atoms with E-state index in [0.717, 1.165) is 37.8 Å². The van der Waals surface area contributed by atoms with Crippen molar-refractivity contribution in [1.29, 1.82) is 0 Å². The van der Waals surface area contributed by atoms with Crippen molar-refractivity contribution >= 4 is 5.97 Å². The predicted octanol–water partition coefficient (Wildman–Crippen LogP) is 2.61. The van der Waals surface area contributed by atoms with Gasteiger partial charge in [0.1, 0.15) is 6.04 Å². The fraction of sp³-hybridized carbons (Fsp3) is 0.588. The SMILES string of the molecule is CCc1ccc(C(C(=O)O)N2CCCCC2CCO)cc1. The van der Waals surface area contributed by atoms with Crippen LogP contribution >= 0.6 is 0 Å². The van der Waals surface area contributed by atoms with E-state index in [-0.39, 0.29) is 12.6 Å². The zero-order valence-electron chi connectivity index (χ0n) is 12.7. The quantitative estimate of drug-likeness (QED) is 0.846. The summed E-state index contributed by atoms with van der Waals surface area (Å²) in [5.41, 5.74) is 2.05. The number of aliphatic hydroxyl groups excluding tert-OH is 1. The van der Waals surface area contributed by atoms with Crippen molar-refractivity contribution in [3.63, 3.8) is 0 Å². The Bertz CT molecular complexity index is 456. The van der Waals surface area contributed by atoms with Crippen LogP contribution in [0.2, 0.25) is 0 Å². The van der Waals surface area contributed by atoms with E-state index in [1.165, 1.54) is 5.56 Å². The van der Waals surface area contributed by atoms with Gasteiger partial charge in [-0.3, -0.25) is 9.69 Å². The molecule has 0 spiro atoms. The highest BCUT2D eigenvalue weighted by molar-refractivity contribution is 5.75. The zero-order valence-corrected chi connectivity index (χ0v) is 12.7. The minimum Gasteiger partial charge on any atom is -0.480 e. The first-order valence-corrected chi connectivity index (χ1v) is 7.85. The number of carbonyl (C=O) groups is 1. The molecule has 0 aromatic heterocycles. The van der Waals surface area contributed by atoms with Gasteiger partial charge in [0.15, 0.2) is 0 Å². The molecule has 2 unspecified atom stereocenters. The molecule has 116 valence electrons. The third-order valence-electron chi connectivity index (χ3n) is 4.40. The van der Waals surface area contributed by atoms with Crippen LogP contribution < -0.4 is 0 Å². The highest BCUT2D eigenvalue weighted by Gasteiger charge is 2.33. The number of hydrogen-bond acceptors (Lipinski definition) is 3. The van der Waals surface area contributed by atoms with Gasteiger partial charge in [-0.2, -0.15) is 0 Å². The van der Waals surface area contributed by atoms with E-state index in [4.69, 9.17) is 0 Å². The lowest BCUT2D eigenvalue weighted by Gasteiger charge is -2.39. The summed E-state index contributed by atoms with van der Waals surface area (Å²) in [6, 6.07) is 7.44. The molecule has 4 nitrogen and oxygen atoms in total. The number of hydrogen-bond donors (Lipinski definition) is 2. The topological polar surface area (TPSA) is 60.8 Å². The Kier molecular flexibility index (Phi) is 5.76. The van der Waals surface area contributed by atoms with Gasteiger partial charge >= 0.3 is 5.97 Å². The number of likely N-dealkylation sites (tertiary alicyclic amines) is 1. The van der Waals surface area contributed by atoms with Crippen LogP contribution in [0.5, 0.6) is 0 Å². The van der Waals surface area contributed by atoms with Crippen molar-refractivity contribution in [3.05, 3.63) is 35.4 Å². The Labute approximate surface area is 126 Å². The van der Waals surface area contributed by atoms with E-state index < -0.39 is 12.0 Å². The fourth-order valence-corrected chi connectivity index (χ4v) is 3.23. The monoisotopic (exact) mass is 291 g/mol. The molecule has 2 rings (SSSR count). The molecule has 0 bridgehead atoms. The van der Waals surface area contributed by atoms with Gasteiger partial charge in [-0.1, -0.05) is 37.6 Å². The Morgan fingerprint density at radius 2 is 2.05 bits per heavy atom. The number of aliphatic carboxylic acids is 1. The zero-order chi connectivity index (χ0) is 15.2. The van der Waals surface area contributed by atoms with E-state index in [2.05, 4.69) is 11.8 Å². The lowest BCUT2D eigenvalue weighted by molar-refractivity contribution is -0.145. The molecule has 1 aliphatic rings. The van der Waals surface area contributed by atoms with Crippen LogP contribution in [-0.4, -0.2) is 40.3 Å². The molecule has 1 aromatic carbocycles. The molecule has 0 radical (unpaired) electrons. The molecule has 1 fully saturated rings. The maximum absolute atomic E-state index is 11.8. The van der Waals surface area contributed by atoms with Gasteiger partial charge < -0.3 is 10.2 Å². The first kappa shape index (κ1) is 16.0. The number of nitrogens with zero attached hydrogens (tertiary/aromatic N) is 1. The van der Waals surface area contributed by atoms with Crippen molar-refractivity contribution in [2.75, 3.05) is 13.2 Å². The maximum Gasteiger partial charge on any atom is 0.325 e. The van der Waals surface area contributed by atoms with Gasteiger partial charge in [0.2, 0.25) is 0 Å². The van der Waals surface area contributed by atoms with Crippen LogP contribution in [0.4, 0.5) is 0 Å². The molecule has 0 saturated carbocycles. The number of aliphatic hydroxyl groups is 1. The van der Waals surface area contributed by atoms with Gasteiger partial charge in [0, 0.05) is 12.6 Å². The van der Waals surface area contributed by atoms with Gasteiger partial charge in [0.25, 0.3) is 0 Å². The number of piperidine rings is 1. The molecular weight excluding hydrogens is 266 g/mol. The highest BCUT2D eigenvalue weighted by atomic mass is 16.4. The Morgan fingerprint density at radius 3 is 2.62 bits per heavy atom. The average molecular weight is 291 g/mol. The molecule has 21 heavy (non-hydrogen) atoms. The van der Waals surface area contributed by atoms with Crippen LogP contribution in [0.25, 0.3) is 0 Å². The Hall–Kier alpha value is -1.39. The third kappa shape index (κ3) is 3.83. The molecule has 1 heterocycles. The van der Waals surface area contributed by atoms with Crippen LogP contribution in [0.15, 0.2) is 24.3 Å². The average Bonchev–Trinajstić information content (AvgIpc) is 2.50. The largest absolute Gasteiger partial charge is 0.480 e. The fourth-order valence-electron chi connectivity index (χ4n) is 3.23. The number of aryl methyl sites for hydroxylation is 1. The summed E-state index contributed by atoms with van der Waals surface area (Å²) in [5, 5.41) is 18.9. The van der Waals surface area contributed by atoms with E-state index in [1.807, 2.05) is 24.3 Å². The smallest absolute Gasteiger partial charge is 0.325 e. The molecule has 1 saturated heterocycles. The lowest BCUT2D eigenvalue weighted by atomic mass is 9.94. The van der Waals surface area contributed by atoms with Crippen LogP contribution in [0.1, 0.15) is 49.8 Å². The lowest BCUT2D eigenvalue weighted by Crippen LogP contribution is -2.45. The molecule has 1 aromatic rings. The van der Waals surface area contributed by atoms with Gasteiger partial charge in [-0.05, 0) is 43.4 Å². The summed E-state index contributed by atoms with van der Waals surface area (Å²) in [7, 11) is 0. The predicted molar refractivity (Wildman–Crippen MR) is 82.2 cm³/mol. The Morgan fingerprint density at radius 1 is 1.33 bits per heavy atom. The summed E-state index contributed by atoms with van der Waals surface area (Å²) < 4.78 is 0. The van der Waals surface area contributed by atoms with Crippen LogP contribution in [0, 0.1) is 0 Å². The second kappa shape index (κ2) is 7.57. The van der Waals surface area contributed by atoms with Crippen molar-refractivity contribution < 1.29 is 15.0 Å². The summed E-state index contributed by atoms with van der Waals surface area (Å²) >= 11 is 0. The third-order valence-corrected chi connectivity index (χ3v) is 4.40. The summed E-state index contributed by atoms with van der Waals surface area (Å²) in [6.07, 6.45) is 4.71. The van der Waals surface area contributed by atoms with E-state index in [1.54, 1.807) is 0 Å². The number of benzene rings is 1. The molecule has 4 heteroatoms. The maximum atomic E-state index is 11.8. The molecule has 2 atom stereocenters. The van der Waals surface area contributed by atoms with Crippen LogP contribution in [0.3, 0.4) is 0 Å². The summed E-state index contributed by atoms with van der Waals surface area (Å²) in [5.74, 6) is -0.802. The van der Waals surface area contributed by atoms with Gasteiger partial charge in [-0.25, -0.2) is 0 Å². The Balaban J connectivity index is 2.25. The second-order valence-corrected chi connectivity index (χ2v) is 5.74. The molecule has 0 amide bonds. The normalized spacial score (nSPS) is 21.1. The molecule has 1 aliphatic heterocycles. The number of carboxylic acids is 1. The minimum absolute atomic E-state index is 0.113. The minimum atomic E-state index is -0.802. The summed E-state index contributed by atoms with van der Waals surface area (Å²) in [6.45, 7) is 2.99.